The number of nitriles is 1. The fourth-order valence-corrected chi connectivity index (χ4v) is 3.11. The zero-order valence-electron chi connectivity index (χ0n) is 13.4. The van der Waals surface area contributed by atoms with Gasteiger partial charge in [-0.2, -0.15) is 5.26 Å². The molecule has 0 spiro atoms. The Kier molecular flexibility index (Phi) is 3.51. The van der Waals surface area contributed by atoms with E-state index in [1.165, 1.54) is 0 Å². The van der Waals surface area contributed by atoms with Gasteiger partial charge in [-0.3, -0.25) is 9.78 Å². The van der Waals surface area contributed by atoms with Gasteiger partial charge in [0.05, 0.1) is 35.5 Å². The highest BCUT2D eigenvalue weighted by molar-refractivity contribution is 6.00. The van der Waals surface area contributed by atoms with Crippen molar-refractivity contribution in [2.45, 2.75) is 6.54 Å². The number of benzene rings is 2. The monoisotopic (exact) mass is 326 g/mol. The summed E-state index contributed by atoms with van der Waals surface area (Å²) in [6.07, 6.45) is 1.74. The van der Waals surface area contributed by atoms with E-state index < -0.39 is 0 Å². The summed E-state index contributed by atoms with van der Waals surface area (Å²) in [5.74, 6) is -0.0815. The molecule has 0 bridgehead atoms. The molecule has 2 aromatic carbocycles. The lowest BCUT2D eigenvalue weighted by Crippen LogP contribution is -2.25. The summed E-state index contributed by atoms with van der Waals surface area (Å²) in [7, 11) is 0. The Morgan fingerprint density at radius 3 is 2.72 bits per heavy atom. The zero-order valence-corrected chi connectivity index (χ0v) is 13.4. The van der Waals surface area contributed by atoms with E-state index in [1.807, 2.05) is 48.5 Å². The molecule has 0 unspecified atom stereocenters. The lowest BCUT2D eigenvalue weighted by molar-refractivity contribution is 0.0794. The maximum absolute atomic E-state index is 12.6. The summed E-state index contributed by atoms with van der Waals surface area (Å²) in [6, 6.07) is 15.3. The molecule has 1 aromatic heterocycles. The molecule has 0 saturated carbocycles. The van der Waals surface area contributed by atoms with Crippen LogP contribution in [0.4, 0.5) is 0 Å². The molecule has 4 rings (SSSR count). The van der Waals surface area contributed by atoms with Crippen LogP contribution in [0.15, 0.2) is 60.8 Å². The van der Waals surface area contributed by atoms with Gasteiger partial charge >= 0.3 is 0 Å². The number of carbonyl (C=O) groups excluding carboxylic acids is 1. The fourth-order valence-electron chi connectivity index (χ4n) is 3.11. The van der Waals surface area contributed by atoms with Gasteiger partial charge in [-0.25, -0.2) is 4.98 Å². The van der Waals surface area contributed by atoms with E-state index in [2.05, 4.69) is 16.5 Å². The van der Waals surface area contributed by atoms with Crippen LogP contribution >= 0.6 is 0 Å². The highest BCUT2D eigenvalue weighted by Gasteiger charge is 2.30. The van der Waals surface area contributed by atoms with E-state index in [1.54, 1.807) is 11.1 Å². The maximum atomic E-state index is 12.6. The summed E-state index contributed by atoms with van der Waals surface area (Å²) in [5, 5.41) is 8.93. The van der Waals surface area contributed by atoms with Gasteiger partial charge in [-0.05, 0) is 23.8 Å². The normalized spacial score (nSPS) is 12.9. The largest absolute Gasteiger partial charge is 0.329 e. The number of nitrogens with zero attached hydrogens (tertiary/aromatic N) is 4. The number of para-hydroxylation sites is 2. The van der Waals surface area contributed by atoms with Crippen LogP contribution in [0.2, 0.25) is 0 Å². The van der Waals surface area contributed by atoms with E-state index in [9.17, 15) is 4.79 Å². The van der Waals surface area contributed by atoms with Crippen molar-refractivity contribution in [1.82, 2.24) is 14.9 Å². The summed E-state index contributed by atoms with van der Waals surface area (Å²) in [4.78, 5) is 23.4. The molecule has 0 saturated heterocycles. The Morgan fingerprint density at radius 2 is 1.92 bits per heavy atom. The van der Waals surface area contributed by atoms with Gasteiger partial charge in [0.1, 0.15) is 0 Å². The Hall–Kier alpha value is -3.52. The van der Waals surface area contributed by atoms with Crippen molar-refractivity contribution >= 4 is 16.9 Å². The highest BCUT2D eigenvalue weighted by Crippen LogP contribution is 2.32. The molecule has 25 heavy (non-hydrogen) atoms. The third-order valence-electron chi connectivity index (χ3n) is 4.31. The van der Waals surface area contributed by atoms with Crippen molar-refractivity contribution in [3.63, 3.8) is 0 Å². The molecule has 2 heterocycles. The first-order valence-electron chi connectivity index (χ1n) is 7.88. The predicted octanol–water partition coefficient (Wildman–Crippen LogP) is 3.33. The van der Waals surface area contributed by atoms with Gasteiger partial charge in [0.15, 0.2) is 0 Å². The Labute approximate surface area is 144 Å². The SMILES string of the molecule is C=C(C#N)CN1Cc2c(cccc2-c2cnc3ccccc3n2)C1=O. The molecule has 0 aliphatic carbocycles. The van der Waals surface area contributed by atoms with Crippen LogP contribution in [0.25, 0.3) is 22.3 Å². The van der Waals surface area contributed by atoms with Gasteiger partial charge in [0.2, 0.25) is 0 Å². The summed E-state index contributed by atoms with van der Waals surface area (Å²) in [5.41, 5.74) is 5.23. The van der Waals surface area contributed by atoms with E-state index in [-0.39, 0.29) is 12.5 Å². The number of aromatic nitrogens is 2. The molecule has 3 aromatic rings. The van der Waals surface area contributed by atoms with Crippen LogP contribution in [-0.2, 0) is 6.54 Å². The number of hydrogen-bond acceptors (Lipinski definition) is 4. The average molecular weight is 326 g/mol. The minimum absolute atomic E-state index is 0.0815. The third-order valence-corrected chi connectivity index (χ3v) is 4.31. The van der Waals surface area contributed by atoms with E-state index >= 15 is 0 Å². The summed E-state index contributed by atoms with van der Waals surface area (Å²) < 4.78 is 0. The lowest BCUT2D eigenvalue weighted by Gasteiger charge is -2.14. The van der Waals surface area contributed by atoms with Crippen LogP contribution in [0.3, 0.4) is 0 Å². The zero-order chi connectivity index (χ0) is 17.4. The fraction of sp³-hybridized carbons (Fsp3) is 0.100. The number of rotatable bonds is 3. The molecule has 5 heteroatoms. The quantitative estimate of drug-likeness (QED) is 0.692. The number of amides is 1. The molecule has 1 aliphatic rings. The topological polar surface area (TPSA) is 69.9 Å². The average Bonchev–Trinajstić information content (AvgIpc) is 2.97. The second-order valence-corrected chi connectivity index (χ2v) is 5.95. The lowest BCUT2D eigenvalue weighted by atomic mass is 10.0. The molecule has 5 nitrogen and oxygen atoms in total. The van der Waals surface area contributed by atoms with Crippen LogP contribution in [0.1, 0.15) is 15.9 Å². The van der Waals surface area contributed by atoms with Crippen molar-refractivity contribution in [1.29, 1.82) is 5.26 Å². The van der Waals surface area contributed by atoms with Crippen molar-refractivity contribution in [3.8, 4) is 17.3 Å². The van der Waals surface area contributed by atoms with E-state index in [4.69, 9.17) is 5.26 Å². The first-order valence-corrected chi connectivity index (χ1v) is 7.88. The first-order chi connectivity index (χ1) is 12.2. The minimum atomic E-state index is -0.0815. The standard InChI is InChI=1S/C20H14N4O/c1-13(9-21)11-24-12-16-14(5-4-6-15(16)20(24)25)19-10-22-17-7-2-3-8-18(17)23-19/h2-8,10H,1,11-12H2. The van der Waals surface area contributed by atoms with Crippen LogP contribution in [0.5, 0.6) is 0 Å². The molecule has 0 radical (unpaired) electrons. The number of carbonyl (C=O) groups is 1. The molecule has 0 atom stereocenters. The van der Waals surface area contributed by atoms with E-state index in [0.29, 0.717) is 17.7 Å². The minimum Gasteiger partial charge on any atom is -0.329 e. The number of hydrogen-bond donors (Lipinski definition) is 0. The molecular formula is C20H14N4O. The highest BCUT2D eigenvalue weighted by atomic mass is 16.2. The molecule has 1 aliphatic heterocycles. The van der Waals surface area contributed by atoms with Crippen LogP contribution in [0, 0.1) is 11.3 Å². The van der Waals surface area contributed by atoms with E-state index in [0.717, 1.165) is 27.9 Å². The van der Waals surface area contributed by atoms with Crippen LogP contribution < -0.4 is 0 Å². The second kappa shape index (κ2) is 5.84. The Balaban J connectivity index is 1.77. The summed E-state index contributed by atoms with van der Waals surface area (Å²) in [6.45, 7) is 4.36. The van der Waals surface area contributed by atoms with Crippen molar-refractivity contribution in [2.75, 3.05) is 6.54 Å². The van der Waals surface area contributed by atoms with Crippen molar-refractivity contribution < 1.29 is 4.79 Å². The van der Waals surface area contributed by atoms with Crippen molar-refractivity contribution in [3.05, 3.63) is 71.9 Å². The van der Waals surface area contributed by atoms with Gasteiger partial charge in [0, 0.05) is 23.2 Å². The molecular weight excluding hydrogens is 312 g/mol. The smallest absolute Gasteiger partial charge is 0.254 e. The van der Waals surface area contributed by atoms with Gasteiger partial charge in [-0.1, -0.05) is 30.8 Å². The van der Waals surface area contributed by atoms with Gasteiger partial charge in [-0.15, -0.1) is 0 Å². The molecule has 0 N–H and O–H groups in total. The molecule has 120 valence electrons. The second-order valence-electron chi connectivity index (χ2n) is 5.95. The predicted molar refractivity (Wildman–Crippen MR) is 94.5 cm³/mol. The first kappa shape index (κ1) is 15.0. The molecule has 1 amide bonds. The maximum Gasteiger partial charge on any atom is 0.254 e. The Bertz CT molecular complexity index is 1060. The van der Waals surface area contributed by atoms with Gasteiger partial charge < -0.3 is 4.90 Å². The Morgan fingerprint density at radius 1 is 1.16 bits per heavy atom. The number of fused-ring (bicyclic) bond motifs is 2. The van der Waals surface area contributed by atoms with Gasteiger partial charge in [0.25, 0.3) is 5.91 Å². The summed E-state index contributed by atoms with van der Waals surface area (Å²) >= 11 is 0. The van der Waals surface area contributed by atoms with Crippen molar-refractivity contribution in [2.24, 2.45) is 0 Å². The third kappa shape index (κ3) is 2.54. The molecule has 0 fully saturated rings. The van der Waals surface area contributed by atoms with Crippen LogP contribution in [-0.4, -0.2) is 27.3 Å².